The third-order valence-corrected chi connectivity index (χ3v) is 3.18. The van der Waals surface area contributed by atoms with Gasteiger partial charge in [0.15, 0.2) is 0 Å². The number of piperazine rings is 1. The largest absolute Gasteiger partial charge is 0.343 e. The second kappa shape index (κ2) is 4.30. The van der Waals surface area contributed by atoms with Crippen LogP contribution in [0.4, 0.5) is 0 Å². The maximum absolute atomic E-state index is 11.5. The van der Waals surface area contributed by atoms with E-state index in [-0.39, 0.29) is 11.4 Å². The zero-order valence-electron chi connectivity index (χ0n) is 9.84. The Kier molecular flexibility index (Phi) is 3.53. The van der Waals surface area contributed by atoms with Gasteiger partial charge in [-0.1, -0.05) is 13.3 Å². The second-order valence-corrected chi connectivity index (χ2v) is 4.80. The first-order valence-electron chi connectivity index (χ1n) is 5.46. The quantitative estimate of drug-likeness (QED) is 0.683. The summed E-state index contributed by atoms with van der Waals surface area (Å²) in [7, 11) is 1.88. The summed E-state index contributed by atoms with van der Waals surface area (Å²) in [4.78, 5) is 15.7. The first kappa shape index (κ1) is 11.5. The van der Waals surface area contributed by atoms with E-state index in [0.717, 1.165) is 19.5 Å². The van der Waals surface area contributed by atoms with Crippen LogP contribution in [0.15, 0.2) is 0 Å². The average molecular weight is 198 g/mol. The molecule has 0 spiro atoms. The Bertz CT molecular complexity index is 213. The molecule has 1 saturated heterocycles. The van der Waals surface area contributed by atoms with Crippen molar-refractivity contribution in [1.82, 2.24) is 9.80 Å². The minimum Gasteiger partial charge on any atom is -0.343 e. The normalized spacial score (nSPS) is 20.3. The monoisotopic (exact) mass is 198 g/mol. The molecule has 0 bridgehead atoms. The van der Waals surface area contributed by atoms with Crippen LogP contribution in [0.1, 0.15) is 33.6 Å². The summed E-state index contributed by atoms with van der Waals surface area (Å²) in [5.41, 5.74) is 0.172. The van der Waals surface area contributed by atoms with E-state index in [1.807, 2.05) is 11.9 Å². The SMILES string of the molecule is CCCC(C)(C)N1CCN(C)C(=O)C1. The average Bonchev–Trinajstić information content (AvgIpc) is 2.09. The van der Waals surface area contributed by atoms with Gasteiger partial charge in [0, 0.05) is 25.7 Å². The van der Waals surface area contributed by atoms with Crippen LogP contribution in [0, 0.1) is 0 Å². The van der Waals surface area contributed by atoms with Gasteiger partial charge in [0.2, 0.25) is 5.91 Å². The molecular weight excluding hydrogens is 176 g/mol. The van der Waals surface area contributed by atoms with Crippen molar-refractivity contribution < 1.29 is 4.79 Å². The van der Waals surface area contributed by atoms with Gasteiger partial charge in [-0.15, -0.1) is 0 Å². The molecule has 0 atom stereocenters. The predicted molar refractivity (Wildman–Crippen MR) is 58.2 cm³/mol. The Labute approximate surface area is 87.1 Å². The van der Waals surface area contributed by atoms with Crippen molar-refractivity contribution >= 4 is 5.91 Å². The fourth-order valence-electron chi connectivity index (χ4n) is 2.05. The number of nitrogens with zero attached hydrogens (tertiary/aromatic N) is 2. The Balaban J connectivity index is 2.57. The molecule has 1 aliphatic rings. The van der Waals surface area contributed by atoms with Gasteiger partial charge < -0.3 is 4.90 Å². The molecule has 0 aromatic heterocycles. The number of carbonyl (C=O) groups is 1. The molecule has 0 aromatic rings. The van der Waals surface area contributed by atoms with Gasteiger partial charge in [-0.3, -0.25) is 9.69 Å². The minimum atomic E-state index is 0.172. The Morgan fingerprint density at radius 2 is 2.00 bits per heavy atom. The zero-order chi connectivity index (χ0) is 10.8. The van der Waals surface area contributed by atoms with Crippen LogP contribution in [0.25, 0.3) is 0 Å². The van der Waals surface area contributed by atoms with Gasteiger partial charge >= 0.3 is 0 Å². The number of carbonyl (C=O) groups excluding carboxylic acids is 1. The predicted octanol–water partition coefficient (Wildman–Crippen LogP) is 1.34. The standard InChI is InChI=1S/C11H22N2O/c1-5-6-11(2,3)13-8-7-12(4)10(14)9-13/h5-9H2,1-4H3. The number of hydrogen-bond donors (Lipinski definition) is 0. The Morgan fingerprint density at radius 1 is 1.36 bits per heavy atom. The molecule has 3 heteroatoms. The first-order valence-corrected chi connectivity index (χ1v) is 5.46. The molecular formula is C11H22N2O. The van der Waals surface area contributed by atoms with Crippen LogP contribution < -0.4 is 0 Å². The van der Waals surface area contributed by atoms with Crippen molar-refractivity contribution in [2.75, 3.05) is 26.7 Å². The maximum Gasteiger partial charge on any atom is 0.236 e. The van der Waals surface area contributed by atoms with Crippen LogP contribution in [-0.2, 0) is 4.79 Å². The molecule has 1 rings (SSSR count). The number of rotatable bonds is 3. The highest BCUT2D eigenvalue weighted by Gasteiger charge is 2.31. The van der Waals surface area contributed by atoms with Crippen molar-refractivity contribution in [3.8, 4) is 0 Å². The molecule has 3 nitrogen and oxygen atoms in total. The topological polar surface area (TPSA) is 23.6 Å². The molecule has 0 saturated carbocycles. The molecule has 1 fully saturated rings. The van der Waals surface area contributed by atoms with Gasteiger partial charge in [0.1, 0.15) is 0 Å². The van der Waals surface area contributed by atoms with Crippen LogP contribution in [0.5, 0.6) is 0 Å². The molecule has 0 aromatic carbocycles. The summed E-state index contributed by atoms with van der Waals surface area (Å²) < 4.78 is 0. The van der Waals surface area contributed by atoms with Crippen LogP contribution in [0.3, 0.4) is 0 Å². The van der Waals surface area contributed by atoms with Gasteiger partial charge in [-0.05, 0) is 20.3 Å². The van der Waals surface area contributed by atoms with E-state index in [1.165, 1.54) is 6.42 Å². The van der Waals surface area contributed by atoms with Gasteiger partial charge in [0.25, 0.3) is 0 Å². The smallest absolute Gasteiger partial charge is 0.236 e. The molecule has 1 heterocycles. The van der Waals surface area contributed by atoms with Gasteiger partial charge in [-0.2, -0.15) is 0 Å². The summed E-state index contributed by atoms with van der Waals surface area (Å²) in [6.45, 7) is 9.12. The van der Waals surface area contributed by atoms with Crippen LogP contribution in [0.2, 0.25) is 0 Å². The third-order valence-electron chi connectivity index (χ3n) is 3.18. The van der Waals surface area contributed by atoms with Crippen LogP contribution >= 0.6 is 0 Å². The van der Waals surface area contributed by atoms with Crippen molar-refractivity contribution in [3.05, 3.63) is 0 Å². The summed E-state index contributed by atoms with van der Waals surface area (Å²) in [5, 5.41) is 0. The van der Waals surface area contributed by atoms with E-state index in [9.17, 15) is 4.79 Å². The van der Waals surface area contributed by atoms with E-state index in [4.69, 9.17) is 0 Å². The third kappa shape index (κ3) is 2.47. The molecule has 0 unspecified atom stereocenters. The Morgan fingerprint density at radius 3 is 2.50 bits per heavy atom. The zero-order valence-corrected chi connectivity index (χ0v) is 9.84. The van der Waals surface area contributed by atoms with Crippen LogP contribution in [-0.4, -0.2) is 47.9 Å². The number of amides is 1. The maximum atomic E-state index is 11.5. The summed E-state index contributed by atoms with van der Waals surface area (Å²) in [6.07, 6.45) is 2.33. The molecule has 1 aliphatic heterocycles. The molecule has 14 heavy (non-hydrogen) atoms. The number of hydrogen-bond acceptors (Lipinski definition) is 2. The van der Waals surface area contributed by atoms with Crippen molar-refractivity contribution in [1.29, 1.82) is 0 Å². The molecule has 0 N–H and O–H groups in total. The van der Waals surface area contributed by atoms with Crippen molar-refractivity contribution in [3.63, 3.8) is 0 Å². The lowest BCUT2D eigenvalue weighted by atomic mass is 9.95. The second-order valence-electron chi connectivity index (χ2n) is 4.80. The highest BCUT2D eigenvalue weighted by molar-refractivity contribution is 5.78. The van der Waals surface area contributed by atoms with Gasteiger partial charge in [-0.25, -0.2) is 0 Å². The fourth-order valence-corrected chi connectivity index (χ4v) is 2.05. The van der Waals surface area contributed by atoms with E-state index < -0.39 is 0 Å². The molecule has 0 radical (unpaired) electrons. The van der Waals surface area contributed by atoms with Gasteiger partial charge in [0.05, 0.1) is 6.54 Å². The fraction of sp³-hybridized carbons (Fsp3) is 0.909. The Hall–Kier alpha value is -0.570. The van der Waals surface area contributed by atoms with E-state index >= 15 is 0 Å². The highest BCUT2D eigenvalue weighted by atomic mass is 16.2. The summed E-state index contributed by atoms with van der Waals surface area (Å²) in [5.74, 6) is 0.250. The van der Waals surface area contributed by atoms with Crippen molar-refractivity contribution in [2.45, 2.75) is 39.2 Å². The van der Waals surface area contributed by atoms with E-state index in [1.54, 1.807) is 0 Å². The lowest BCUT2D eigenvalue weighted by Gasteiger charge is -2.42. The molecule has 0 aliphatic carbocycles. The highest BCUT2D eigenvalue weighted by Crippen LogP contribution is 2.21. The minimum absolute atomic E-state index is 0.172. The number of likely N-dealkylation sites (N-methyl/N-ethyl adjacent to an activating group) is 1. The summed E-state index contributed by atoms with van der Waals surface area (Å²) >= 11 is 0. The lowest BCUT2D eigenvalue weighted by Crippen LogP contribution is -2.56. The van der Waals surface area contributed by atoms with E-state index in [0.29, 0.717) is 6.54 Å². The lowest BCUT2D eigenvalue weighted by molar-refractivity contribution is -0.137. The molecule has 82 valence electrons. The summed E-state index contributed by atoms with van der Waals surface area (Å²) in [6, 6.07) is 0. The molecule has 1 amide bonds. The first-order chi connectivity index (χ1) is 6.47. The van der Waals surface area contributed by atoms with E-state index in [2.05, 4.69) is 25.7 Å². The van der Waals surface area contributed by atoms with Crippen molar-refractivity contribution in [2.24, 2.45) is 0 Å².